The van der Waals surface area contributed by atoms with Crippen LogP contribution in [0.1, 0.15) is 31.8 Å². The molecule has 0 saturated heterocycles. The fraction of sp³-hybridized carbons (Fsp3) is 0.133. The molecule has 1 aromatic carbocycles. The summed E-state index contributed by atoms with van der Waals surface area (Å²) in [6.45, 7) is 1.56. The van der Waals surface area contributed by atoms with Crippen LogP contribution in [0.25, 0.3) is 0 Å². The Morgan fingerprint density at radius 3 is 2.60 bits per heavy atom. The van der Waals surface area contributed by atoms with Gasteiger partial charge in [-0.25, -0.2) is 4.79 Å². The maximum Gasteiger partial charge on any atom is 0.343 e. The van der Waals surface area contributed by atoms with Gasteiger partial charge in [-0.15, -0.1) is 0 Å². The molecule has 2 aromatic rings. The number of aromatic nitrogens is 1. The van der Waals surface area contributed by atoms with E-state index in [-0.39, 0.29) is 17.9 Å². The number of pyridine rings is 1. The third-order valence-electron chi connectivity index (χ3n) is 2.81. The molecule has 0 aliphatic rings. The van der Waals surface area contributed by atoms with Crippen LogP contribution >= 0.6 is 0 Å². The summed E-state index contributed by atoms with van der Waals surface area (Å²) in [5.74, 6) is -0.540. The Labute approximate surface area is 115 Å². The minimum Gasteiger partial charge on any atom is -0.420 e. The number of carbonyl (C=O) groups excluding carboxylic acids is 2. The van der Waals surface area contributed by atoms with Crippen molar-refractivity contribution in [2.45, 2.75) is 13.5 Å². The first-order valence-corrected chi connectivity index (χ1v) is 5.97. The van der Waals surface area contributed by atoms with E-state index in [0.717, 1.165) is 5.56 Å². The summed E-state index contributed by atoms with van der Waals surface area (Å²) < 4.78 is 5.16. The fourth-order valence-corrected chi connectivity index (χ4v) is 1.68. The second-order valence-corrected chi connectivity index (χ2v) is 4.24. The van der Waals surface area contributed by atoms with Crippen LogP contribution in [0.4, 0.5) is 0 Å². The third kappa shape index (κ3) is 2.89. The highest BCUT2D eigenvalue weighted by Crippen LogP contribution is 2.20. The standard InChI is InChI=1S/C15H13NO4/c1-10-2-4-11(5-3-10)15(19)20-14-7-16-6-12(8-17)13(14)9-18/h2-7,9,17H,8H2,1H3. The van der Waals surface area contributed by atoms with E-state index < -0.39 is 5.97 Å². The summed E-state index contributed by atoms with van der Waals surface area (Å²) in [6, 6.07) is 6.86. The second kappa shape index (κ2) is 6.08. The third-order valence-corrected chi connectivity index (χ3v) is 2.81. The largest absolute Gasteiger partial charge is 0.420 e. The zero-order chi connectivity index (χ0) is 14.5. The molecule has 0 saturated carbocycles. The quantitative estimate of drug-likeness (QED) is 0.679. The van der Waals surface area contributed by atoms with Crippen molar-refractivity contribution < 1.29 is 19.4 Å². The summed E-state index contributed by atoms with van der Waals surface area (Å²) in [5.41, 5.74) is 1.85. The zero-order valence-electron chi connectivity index (χ0n) is 10.9. The lowest BCUT2D eigenvalue weighted by Gasteiger charge is -2.08. The number of hydrogen-bond acceptors (Lipinski definition) is 5. The number of benzene rings is 1. The Balaban J connectivity index is 2.28. The Hall–Kier alpha value is -2.53. The van der Waals surface area contributed by atoms with Crippen LogP contribution in [0.3, 0.4) is 0 Å². The lowest BCUT2D eigenvalue weighted by Crippen LogP contribution is -2.11. The number of esters is 1. The van der Waals surface area contributed by atoms with Gasteiger partial charge >= 0.3 is 5.97 Å². The Morgan fingerprint density at radius 2 is 2.00 bits per heavy atom. The highest BCUT2D eigenvalue weighted by Gasteiger charge is 2.14. The van der Waals surface area contributed by atoms with Crippen molar-refractivity contribution >= 4 is 12.3 Å². The van der Waals surface area contributed by atoms with Crippen LogP contribution in [-0.4, -0.2) is 22.3 Å². The molecule has 0 unspecified atom stereocenters. The molecule has 5 nitrogen and oxygen atoms in total. The highest BCUT2D eigenvalue weighted by atomic mass is 16.5. The van der Waals surface area contributed by atoms with Crippen LogP contribution < -0.4 is 4.74 Å². The number of aryl methyl sites for hydroxylation is 1. The maximum atomic E-state index is 12.0. The van der Waals surface area contributed by atoms with Crippen LogP contribution in [0.5, 0.6) is 5.75 Å². The van der Waals surface area contributed by atoms with E-state index >= 15 is 0 Å². The monoisotopic (exact) mass is 271 g/mol. The average molecular weight is 271 g/mol. The predicted molar refractivity (Wildman–Crippen MR) is 71.7 cm³/mol. The SMILES string of the molecule is Cc1ccc(C(=O)Oc2cncc(CO)c2C=O)cc1. The lowest BCUT2D eigenvalue weighted by atomic mass is 10.1. The van der Waals surface area contributed by atoms with E-state index in [9.17, 15) is 9.59 Å². The van der Waals surface area contributed by atoms with E-state index in [0.29, 0.717) is 17.4 Å². The van der Waals surface area contributed by atoms with E-state index in [2.05, 4.69) is 4.98 Å². The number of hydrogen-bond donors (Lipinski definition) is 1. The number of carbonyl (C=O) groups is 2. The smallest absolute Gasteiger partial charge is 0.343 e. The Morgan fingerprint density at radius 1 is 1.30 bits per heavy atom. The number of aliphatic hydroxyl groups excluding tert-OH is 1. The normalized spacial score (nSPS) is 10.1. The van der Waals surface area contributed by atoms with E-state index in [1.54, 1.807) is 24.3 Å². The molecule has 0 radical (unpaired) electrons. The van der Waals surface area contributed by atoms with Crippen molar-refractivity contribution in [3.05, 3.63) is 58.9 Å². The number of rotatable bonds is 4. The molecule has 0 aliphatic heterocycles. The van der Waals surface area contributed by atoms with Crippen molar-refractivity contribution in [3.8, 4) is 5.75 Å². The van der Waals surface area contributed by atoms with Gasteiger partial charge in [0, 0.05) is 11.8 Å². The van der Waals surface area contributed by atoms with Gasteiger partial charge in [-0.3, -0.25) is 9.78 Å². The van der Waals surface area contributed by atoms with Gasteiger partial charge in [-0.1, -0.05) is 17.7 Å². The van der Waals surface area contributed by atoms with Gasteiger partial charge in [0.1, 0.15) is 0 Å². The molecule has 0 atom stereocenters. The fourth-order valence-electron chi connectivity index (χ4n) is 1.68. The van der Waals surface area contributed by atoms with Crippen molar-refractivity contribution in [3.63, 3.8) is 0 Å². The molecular formula is C15H13NO4. The van der Waals surface area contributed by atoms with Crippen molar-refractivity contribution in [1.29, 1.82) is 0 Å². The van der Waals surface area contributed by atoms with Crippen LogP contribution in [0, 0.1) is 6.92 Å². The Kier molecular flexibility index (Phi) is 4.22. The number of ether oxygens (including phenoxy) is 1. The maximum absolute atomic E-state index is 12.0. The van der Waals surface area contributed by atoms with Crippen molar-refractivity contribution in [2.75, 3.05) is 0 Å². The molecule has 1 N–H and O–H groups in total. The lowest BCUT2D eigenvalue weighted by molar-refractivity contribution is 0.0732. The van der Waals surface area contributed by atoms with Gasteiger partial charge in [0.05, 0.1) is 23.9 Å². The summed E-state index contributed by atoms with van der Waals surface area (Å²) >= 11 is 0. The first kappa shape index (κ1) is 13.9. The number of aldehydes is 1. The van der Waals surface area contributed by atoms with Crippen LogP contribution in [0.2, 0.25) is 0 Å². The topological polar surface area (TPSA) is 76.5 Å². The molecule has 5 heteroatoms. The van der Waals surface area contributed by atoms with Gasteiger partial charge < -0.3 is 9.84 Å². The summed E-state index contributed by atoms with van der Waals surface area (Å²) in [5, 5.41) is 9.12. The van der Waals surface area contributed by atoms with Crippen molar-refractivity contribution in [1.82, 2.24) is 4.98 Å². The van der Waals surface area contributed by atoms with Gasteiger partial charge in [0.15, 0.2) is 12.0 Å². The van der Waals surface area contributed by atoms with Crippen LogP contribution in [0.15, 0.2) is 36.7 Å². The summed E-state index contributed by atoms with van der Waals surface area (Å²) in [4.78, 5) is 26.8. The van der Waals surface area contributed by atoms with Gasteiger partial charge in [0.2, 0.25) is 0 Å². The molecular weight excluding hydrogens is 258 g/mol. The highest BCUT2D eigenvalue weighted by molar-refractivity contribution is 5.92. The molecule has 2 rings (SSSR count). The van der Waals surface area contributed by atoms with Gasteiger partial charge in [0.25, 0.3) is 0 Å². The summed E-state index contributed by atoms with van der Waals surface area (Å²) in [7, 11) is 0. The first-order chi connectivity index (χ1) is 9.65. The number of nitrogens with zero attached hydrogens (tertiary/aromatic N) is 1. The van der Waals surface area contributed by atoms with E-state index in [4.69, 9.17) is 9.84 Å². The number of aliphatic hydroxyl groups is 1. The molecule has 1 heterocycles. The Bertz CT molecular complexity index is 635. The van der Waals surface area contributed by atoms with E-state index in [1.165, 1.54) is 12.4 Å². The van der Waals surface area contributed by atoms with E-state index in [1.807, 2.05) is 6.92 Å². The minimum atomic E-state index is -0.579. The molecule has 1 aromatic heterocycles. The molecule has 0 spiro atoms. The molecule has 0 fully saturated rings. The molecule has 0 bridgehead atoms. The molecule has 0 amide bonds. The van der Waals surface area contributed by atoms with Crippen molar-refractivity contribution in [2.24, 2.45) is 0 Å². The average Bonchev–Trinajstić information content (AvgIpc) is 2.47. The van der Waals surface area contributed by atoms with Crippen LogP contribution in [-0.2, 0) is 6.61 Å². The molecule has 102 valence electrons. The summed E-state index contributed by atoms with van der Waals surface area (Å²) in [6.07, 6.45) is 3.16. The molecule has 20 heavy (non-hydrogen) atoms. The second-order valence-electron chi connectivity index (χ2n) is 4.24. The first-order valence-electron chi connectivity index (χ1n) is 5.97. The van der Waals surface area contributed by atoms with Gasteiger partial charge in [-0.2, -0.15) is 0 Å². The zero-order valence-corrected chi connectivity index (χ0v) is 10.9. The predicted octanol–water partition coefficient (Wildman–Crippen LogP) is 1.91. The molecule has 0 aliphatic carbocycles. The van der Waals surface area contributed by atoms with Gasteiger partial charge in [-0.05, 0) is 19.1 Å². The minimum absolute atomic E-state index is 0.0390.